The molecular weight excluding hydrogens is 276 g/mol. The molecule has 0 radical (unpaired) electrons. The Bertz CT molecular complexity index is 718. The molecule has 0 aliphatic rings. The lowest BCUT2D eigenvalue weighted by Crippen LogP contribution is -2.21. The third-order valence-electron chi connectivity index (χ3n) is 4.04. The first-order chi connectivity index (χ1) is 9.98. The maximum atomic E-state index is 11.0. The van der Waals surface area contributed by atoms with Gasteiger partial charge in [-0.15, -0.1) is 11.3 Å². The van der Waals surface area contributed by atoms with E-state index in [2.05, 4.69) is 44.2 Å². The van der Waals surface area contributed by atoms with Gasteiger partial charge >= 0.3 is 0 Å². The van der Waals surface area contributed by atoms with E-state index < -0.39 is 5.60 Å². The molecule has 2 aromatic carbocycles. The van der Waals surface area contributed by atoms with Crippen LogP contribution in [0.25, 0.3) is 10.1 Å². The molecule has 0 bridgehead atoms. The molecule has 1 unspecified atom stereocenters. The van der Waals surface area contributed by atoms with Gasteiger partial charge in [0.2, 0.25) is 0 Å². The van der Waals surface area contributed by atoms with E-state index in [1.807, 2.05) is 31.2 Å². The minimum absolute atomic E-state index is 0.508. The van der Waals surface area contributed by atoms with E-state index in [0.717, 1.165) is 10.4 Å². The van der Waals surface area contributed by atoms with E-state index in [1.54, 1.807) is 11.3 Å². The second-order valence-electron chi connectivity index (χ2n) is 6.00. The molecule has 0 fully saturated rings. The van der Waals surface area contributed by atoms with Crippen LogP contribution >= 0.6 is 11.3 Å². The first-order valence-corrected chi connectivity index (χ1v) is 8.12. The average molecular weight is 296 g/mol. The highest BCUT2D eigenvalue weighted by molar-refractivity contribution is 7.19. The van der Waals surface area contributed by atoms with E-state index in [0.29, 0.717) is 5.92 Å². The fraction of sp³-hybridized carbons (Fsp3) is 0.263. The van der Waals surface area contributed by atoms with Gasteiger partial charge in [0.15, 0.2) is 0 Å². The SMILES string of the molecule is CC(C)c1ccc(C(C)(O)c2cc3ccccc3s2)cc1. The number of thiophene rings is 1. The van der Waals surface area contributed by atoms with Crippen molar-refractivity contribution in [1.82, 2.24) is 0 Å². The normalized spacial score (nSPS) is 14.5. The molecule has 21 heavy (non-hydrogen) atoms. The molecular formula is C19H20OS. The van der Waals surface area contributed by atoms with Gasteiger partial charge in [0.05, 0.1) is 0 Å². The van der Waals surface area contributed by atoms with Crippen molar-refractivity contribution in [3.63, 3.8) is 0 Å². The second-order valence-corrected chi connectivity index (χ2v) is 7.08. The van der Waals surface area contributed by atoms with Crippen LogP contribution in [0.2, 0.25) is 0 Å². The molecule has 0 saturated carbocycles. The van der Waals surface area contributed by atoms with Crippen molar-refractivity contribution >= 4 is 21.4 Å². The molecule has 0 aliphatic heterocycles. The summed E-state index contributed by atoms with van der Waals surface area (Å²) in [6.07, 6.45) is 0. The summed E-state index contributed by atoms with van der Waals surface area (Å²) in [4.78, 5) is 0.987. The summed E-state index contributed by atoms with van der Waals surface area (Å²) in [5, 5.41) is 12.2. The van der Waals surface area contributed by atoms with E-state index in [1.165, 1.54) is 15.6 Å². The summed E-state index contributed by atoms with van der Waals surface area (Å²) in [5.74, 6) is 0.508. The molecule has 3 rings (SSSR count). The van der Waals surface area contributed by atoms with Crippen LogP contribution in [0.1, 0.15) is 42.7 Å². The molecule has 108 valence electrons. The van der Waals surface area contributed by atoms with Crippen molar-refractivity contribution in [2.45, 2.75) is 32.3 Å². The smallest absolute Gasteiger partial charge is 0.121 e. The van der Waals surface area contributed by atoms with Crippen LogP contribution in [-0.2, 0) is 5.60 Å². The van der Waals surface area contributed by atoms with Crippen molar-refractivity contribution in [3.05, 3.63) is 70.6 Å². The second kappa shape index (κ2) is 5.28. The Kier molecular flexibility index (Phi) is 3.60. The predicted octanol–water partition coefficient (Wildman–Crippen LogP) is 5.28. The Balaban J connectivity index is 2.02. The van der Waals surface area contributed by atoms with Crippen molar-refractivity contribution in [1.29, 1.82) is 0 Å². The van der Waals surface area contributed by atoms with Gasteiger partial charge in [-0.2, -0.15) is 0 Å². The highest BCUT2D eigenvalue weighted by Gasteiger charge is 2.27. The summed E-state index contributed by atoms with van der Waals surface area (Å²) in [7, 11) is 0. The van der Waals surface area contributed by atoms with Crippen molar-refractivity contribution in [2.24, 2.45) is 0 Å². The lowest BCUT2D eigenvalue weighted by atomic mass is 9.91. The van der Waals surface area contributed by atoms with Crippen molar-refractivity contribution < 1.29 is 5.11 Å². The number of aliphatic hydroxyl groups is 1. The van der Waals surface area contributed by atoms with Gasteiger partial charge in [-0.3, -0.25) is 0 Å². The standard InChI is InChI=1S/C19H20OS/c1-13(2)14-8-10-16(11-9-14)19(3,20)18-12-15-6-4-5-7-17(15)21-18/h4-13,20H,1-3H3. The third kappa shape index (κ3) is 2.61. The Labute approximate surface area is 129 Å². The van der Waals surface area contributed by atoms with Crippen LogP contribution in [0.5, 0.6) is 0 Å². The molecule has 0 spiro atoms. The summed E-state index contributed by atoms with van der Waals surface area (Å²) in [5.41, 5.74) is 1.29. The van der Waals surface area contributed by atoms with Gasteiger partial charge in [0, 0.05) is 9.58 Å². The zero-order valence-corrected chi connectivity index (χ0v) is 13.4. The fourth-order valence-corrected chi connectivity index (χ4v) is 3.69. The fourth-order valence-electron chi connectivity index (χ4n) is 2.56. The minimum atomic E-state index is -0.945. The average Bonchev–Trinajstić information content (AvgIpc) is 2.92. The van der Waals surface area contributed by atoms with Gasteiger partial charge in [-0.05, 0) is 41.5 Å². The number of benzene rings is 2. The van der Waals surface area contributed by atoms with Crippen LogP contribution < -0.4 is 0 Å². The highest BCUT2D eigenvalue weighted by Crippen LogP contribution is 2.37. The van der Waals surface area contributed by atoms with E-state index in [9.17, 15) is 5.11 Å². The number of hydrogen-bond acceptors (Lipinski definition) is 2. The first-order valence-electron chi connectivity index (χ1n) is 7.30. The monoisotopic (exact) mass is 296 g/mol. The molecule has 0 saturated heterocycles. The molecule has 1 N–H and O–H groups in total. The van der Waals surface area contributed by atoms with Crippen LogP contribution in [0.4, 0.5) is 0 Å². The molecule has 0 amide bonds. The lowest BCUT2D eigenvalue weighted by molar-refractivity contribution is 0.106. The van der Waals surface area contributed by atoms with Crippen LogP contribution in [0, 0.1) is 0 Å². The van der Waals surface area contributed by atoms with Crippen molar-refractivity contribution in [2.75, 3.05) is 0 Å². The summed E-state index contributed by atoms with van der Waals surface area (Å²) in [6, 6.07) is 18.7. The lowest BCUT2D eigenvalue weighted by Gasteiger charge is -2.23. The third-order valence-corrected chi connectivity index (χ3v) is 5.37. The van der Waals surface area contributed by atoms with Gasteiger partial charge in [-0.1, -0.05) is 56.3 Å². The summed E-state index contributed by atoms with van der Waals surface area (Å²) in [6.45, 7) is 6.24. The Morgan fingerprint density at radius 3 is 2.29 bits per heavy atom. The van der Waals surface area contributed by atoms with Gasteiger partial charge < -0.3 is 5.11 Å². The Morgan fingerprint density at radius 1 is 1.00 bits per heavy atom. The maximum absolute atomic E-state index is 11.0. The van der Waals surface area contributed by atoms with Crippen LogP contribution in [0.15, 0.2) is 54.6 Å². The van der Waals surface area contributed by atoms with Gasteiger partial charge in [0.25, 0.3) is 0 Å². The van der Waals surface area contributed by atoms with Gasteiger partial charge in [0.1, 0.15) is 5.60 Å². The highest BCUT2D eigenvalue weighted by atomic mass is 32.1. The first kappa shape index (κ1) is 14.3. The molecule has 2 heteroatoms. The molecule has 1 aromatic heterocycles. The largest absolute Gasteiger partial charge is 0.380 e. The minimum Gasteiger partial charge on any atom is -0.380 e. The number of fused-ring (bicyclic) bond motifs is 1. The van der Waals surface area contributed by atoms with Crippen molar-refractivity contribution in [3.8, 4) is 0 Å². The quantitative estimate of drug-likeness (QED) is 0.697. The Hall–Kier alpha value is -1.64. The van der Waals surface area contributed by atoms with E-state index in [4.69, 9.17) is 0 Å². The topological polar surface area (TPSA) is 20.2 Å². The number of rotatable bonds is 3. The van der Waals surface area contributed by atoms with Gasteiger partial charge in [-0.25, -0.2) is 0 Å². The number of hydrogen-bond donors (Lipinski definition) is 1. The van der Waals surface area contributed by atoms with E-state index in [-0.39, 0.29) is 0 Å². The van der Waals surface area contributed by atoms with Crippen LogP contribution in [0.3, 0.4) is 0 Å². The Morgan fingerprint density at radius 2 is 1.67 bits per heavy atom. The zero-order chi connectivity index (χ0) is 15.0. The van der Waals surface area contributed by atoms with E-state index >= 15 is 0 Å². The zero-order valence-electron chi connectivity index (χ0n) is 12.6. The summed E-state index contributed by atoms with van der Waals surface area (Å²) >= 11 is 1.66. The maximum Gasteiger partial charge on any atom is 0.121 e. The molecule has 3 aromatic rings. The molecule has 1 heterocycles. The molecule has 0 aliphatic carbocycles. The molecule has 1 atom stereocenters. The summed E-state index contributed by atoms with van der Waals surface area (Å²) < 4.78 is 1.21. The van der Waals surface area contributed by atoms with Crippen LogP contribution in [-0.4, -0.2) is 5.11 Å². The predicted molar refractivity (Wildman–Crippen MR) is 91.0 cm³/mol. The molecule has 1 nitrogen and oxygen atoms in total.